The number of aromatic nitrogens is 2. The monoisotopic (exact) mass is 214 g/mol. The summed E-state index contributed by atoms with van der Waals surface area (Å²) < 4.78 is 0. The second kappa shape index (κ2) is 5.50. The smallest absolute Gasteiger partial charge is 0.187 e. The van der Waals surface area contributed by atoms with E-state index in [1.54, 1.807) is 18.0 Å². The maximum absolute atomic E-state index is 4.31. The van der Waals surface area contributed by atoms with Crippen molar-refractivity contribution in [3.8, 4) is 0 Å². The maximum atomic E-state index is 4.31. The molecule has 4 heteroatoms. The molecule has 0 spiro atoms. The molecule has 72 valence electrons. The van der Waals surface area contributed by atoms with Crippen LogP contribution in [0.15, 0.2) is 17.4 Å². The van der Waals surface area contributed by atoms with Crippen molar-refractivity contribution in [2.45, 2.75) is 19.0 Å². The van der Waals surface area contributed by atoms with Gasteiger partial charge in [0.15, 0.2) is 5.16 Å². The van der Waals surface area contributed by atoms with E-state index in [-0.39, 0.29) is 0 Å². The van der Waals surface area contributed by atoms with Crippen molar-refractivity contribution in [2.24, 2.45) is 5.92 Å². The molecule has 0 fully saturated rings. The van der Waals surface area contributed by atoms with Gasteiger partial charge in [-0.25, -0.2) is 9.97 Å². The van der Waals surface area contributed by atoms with Crippen molar-refractivity contribution in [1.82, 2.24) is 9.97 Å². The molecule has 0 N–H and O–H groups in total. The molecule has 0 bridgehead atoms. The minimum absolute atomic E-state index is 0.609. The minimum atomic E-state index is 0.609. The number of hydrogen-bond acceptors (Lipinski definition) is 4. The molecule has 2 nitrogen and oxygen atoms in total. The van der Waals surface area contributed by atoms with Crippen molar-refractivity contribution >= 4 is 24.4 Å². The Morgan fingerprint density at radius 2 is 2.38 bits per heavy atom. The van der Waals surface area contributed by atoms with Crippen LogP contribution in [0.25, 0.3) is 0 Å². The Kier molecular flexibility index (Phi) is 4.59. The second-order valence-corrected chi connectivity index (χ2v) is 4.43. The molecule has 0 aliphatic heterocycles. The predicted octanol–water partition coefficient (Wildman–Crippen LogP) is 2.44. The van der Waals surface area contributed by atoms with Gasteiger partial charge >= 0.3 is 0 Å². The van der Waals surface area contributed by atoms with Crippen LogP contribution in [0.3, 0.4) is 0 Å². The lowest BCUT2D eigenvalue weighted by molar-refractivity contribution is 0.763. The summed E-state index contributed by atoms with van der Waals surface area (Å²) in [5, 5.41) is 0.869. The Hall–Kier alpha value is -0.220. The molecule has 1 aromatic rings. The number of hydrogen-bond donors (Lipinski definition) is 1. The summed E-state index contributed by atoms with van der Waals surface area (Å²) in [4.78, 5) is 8.48. The summed E-state index contributed by atoms with van der Waals surface area (Å²) in [6.07, 6.45) is 1.80. The SMILES string of the molecule is Cc1ccnc(SCC(C)CS)n1. The molecule has 1 rings (SSSR count). The number of thiol groups is 1. The highest BCUT2D eigenvalue weighted by molar-refractivity contribution is 7.99. The van der Waals surface area contributed by atoms with Crippen molar-refractivity contribution in [3.05, 3.63) is 18.0 Å². The molecule has 0 aromatic carbocycles. The molecule has 0 amide bonds. The van der Waals surface area contributed by atoms with E-state index in [9.17, 15) is 0 Å². The van der Waals surface area contributed by atoms with Crippen molar-refractivity contribution in [1.29, 1.82) is 0 Å². The molecular formula is C9H14N2S2. The lowest BCUT2D eigenvalue weighted by Gasteiger charge is -2.05. The molecule has 0 aliphatic carbocycles. The van der Waals surface area contributed by atoms with Crippen LogP contribution in [0.4, 0.5) is 0 Å². The van der Waals surface area contributed by atoms with Gasteiger partial charge in [0.25, 0.3) is 0 Å². The third-order valence-electron chi connectivity index (χ3n) is 1.58. The van der Waals surface area contributed by atoms with Gasteiger partial charge < -0.3 is 0 Å². The van der Waals surface area contributed by atoms with Gasteiger partial charge in [-0.3, -0.25) is 0 Å². The summed E-state index contributed by atoms with van der Waals surface area (Å²) in [5.41, 5.74) is 1.02. The van der Waals surface area contributed by atoms with Crippen LogP contribution in [0, 0.1) is 12.8 Å². The summed E-state index contributed by atoms with van der Waals surface area (Å²) >= 11 is 5.92. The first-order valence-electron chi connectivity index (χ1n) is 4.25. The fourth-order valence-electron chi connectivity index (χ4n) is 0.765. The standard InChI is InChI=1S/C9H14N2S2/c1-7(5-12)6-13-9-10-4-3-8(2)11-9/h3-4,7,12H,5-6H2,1-2H3. The Morgan fingerprint density at radius 3 is 3.00 bits per heavy atom. The van der Waals surface area contributed by atoms with E-state index in [4.69, 9.17) is 0 Å². The summed E-state index contributed by atoms with van der Waals surface area (Å²) in [5.74, 6) is 2.56. The molecule has 1 aromatic heterocycles. The van der Waals surface area contributed by atoms with E-state index in [0.717, 1.165) is 22.4 Å². The van der Waals surface area contributed by atoms with Crippen LogP contribution in [0.2, 0.25) is 0 Å². The van der Waals surface area contributed by atoms with Crippen molar-refractivity contribution < 1.29 is 0 Å². The van der Waals surface area contributed by atoms with Gasteiger partial charge in [-0.05, 0) is 24.7 Å². The first-order chi connectivity index (χ1) is 6.22. The zero-order chi connectivity index (χ0) is 9.68. The third kappa shape index (κ3) is 4.00. The summed E-state index contributed by atoms with van der Waals surface area (Å²) in [7, 11) is 0. The molecule has 1 heterocycles. The molecule has 0 saturated carbocycles. The van der Waals surface area contributed by atoms with Crippen molar-refractivity contribution in [2.75, 3.05) is 11.5 Å². The van der Waals surface area contributed by atoms with Gasteiger partial charge in [-0.15, -0.1) is 0 Å². The normalized spacial score (nSPS) is 12.8. The molecule has 1 unspecified atom stereocenters. The van der Waals surface area contributed by atoms with Crippen LogP contribution in [0.1, 0.15) is 12.6 Å². The average molecular weight is 214 g/mol. The zero-order valence-electron chi connectivity index (χ0n) is 7.90. The van der Waals surface area contributed by atoms with Gasteiger partial charge in [0.05, 0.1) is 0 Å². The van der Waals surface area contributed by atoms with Gasteiger partial charge in [-0.1, -0.05) is 18.7 Å². The van der Waals surface area contributed by atoms with Crippen LogP contribution >= 0.6 is 24.4 Å². The quantitative estimate of drug-likeness (QED) is 0.473. The Bertz CT molecular complexity index is 266. The fourth-order valence-corrected chi connectivity index (χ4v) is 1.96. The first kappa shape index (κ1) is 10.9. The third-order valence-corrected chi connectivity index (χ3v) is 3.40. The molecule has 13 heavy (non-hydrogen) atoms. The van der Waals surface area contributed by atoms with Gasteiger partial charge in [0.2, 0.25) is 0 Å². The largest absolute Gasteiger partial charge is 0.231 e. The topological polar surface area (TPSA) is 25.8 Å². The van der Waals surface area contributed by atoms with E-state index in [1.165, 1.54) is 0 Å². The lowest BCUT2D eigenvalue weighted by atomic mass is 10.3. The maximum Gasteiger partial charge on any atom is 0.187 e. The van der Waals surface area contributed by atoms with E-state index in [2.05, 4.69) is 29.5 Å². The Balaban J connectivity index is 2.45. The molecule has 0 radical (unpaired) electrons. The van der Waals surface area contributed by atoms with E-state index < -0.39 is 0 Å². The minimum Gasteiger partial charge on any atom is -0.231 e. The van der Waals surface area contributed by atoms with Crippen LogP contribution < -0.4 is 0 Å². The van der Waals surface area contributed by atoms with E-state index >= 15 is 0 Å². The molecule has 0 aliphatic rings. The Morgan fingerprint density at radius 1 is 1.62 bits per heavy atom. The van der Waals surface area contributed by atoms with Gasteiger partial charge in [0.1, 0.15) is 0 Å². The van der Waals surface area contributed by atoms with E-state index in [0.29, 0.717) is 5.92 Å². The highest BCUT2D eigenvalue weighted by atomic mass is 32.2. The second-order valence-electron chi connectivity index (χ2n) is 3.08. The summed E-state index contributed by atoms with van der Waals surface area (Å²) in [6.45, 7) is 4.16. The first-order valence-corrected chi connectivity index (χ1v) is 5.87. The molecule has 1 atom stereocenters. The van der Waals surface area contributed by atoms with Crippen LogP contribution in [0.5, 0.6) is 0 Å². The number of thioether (sulfide) groups is 1. The number of rotatable bonds is 4. The number of nitrogens with zero attached hydrogens (tertiary/aromatic N) is 2. The van der Waals surface area contributed by atoms with Crippen LogP contribution in [-0.2, 0) is 0 Å². The highest BCUT2D eigenvalue weighted by Crippen LogP contribution is 2.16. The van der Waals surface area contributed by atoms with Gasteiger partial charge in [-0.2, -0.15) is 12.6 Å². The van der Waals surface area contributed by atoms with Crippen molar-refractivity contribution in [3.63, 3.8) is 0 Å². The average Bonchev–Trinajstić information content (AvgIpc) is 2.14. The highest BCUT2D eigenvalue weighted by Gasteiger charge is 2.02. The van der Waals surface area contributed by atoms with E-state index in [1.807, 2.05) is 13.0 Å². The fraction of sp³-hybridized carbons (Fsp3) is 0.556. The number of aryl methyl sites for hydroxylation is 1. The molecule has 0 saturated heterocycles. The lowest BCUT2D eigenvalue weighted by Crippen LogP contribution is -2.00. The predicted molar refractivity (Wildman–Crippen MR) is 60.5 cm³/mol. The molecular weight excluding hydrogens is 200 g/mol. The Labute approximate surface area is 89.0 Å². The summed E-state index contributed by atoms with van der Waals surface area (Å²) in [6, 6.07) is 1.91. The van der Waals surface area contributed by atoms with Crippen LogP contribution in [-0.4, -0.2) is 21.5 Å². The zero-order valence-corrected chi connectivity index (χ0v) is 9.61. The van der Waals surface area contributed by atoms with Gasteiger partial charge in [0, 0.05) is 17.6 Å².